The highest BCUT2D eigenvalue weighted by Gasteiger charge is 2.33. The van der Waals surface area contributed by atoms with Crippen molar-refractivity contribution in [1.29, 1.82) is 0 Å². The fourth-order valence-electron chi connectivity index (χ4n) is 3.37. The summed E-state index contributed by atoms with van der Waals surface area (Å²) in [6.07, 6.45) is 0.396. The molecular formula is C21H34N2O4. The summed E-state index contributed by atoms with van der Waals surface area (Å²) in [7, 11) is 0. The Labute approximate surface area is 163 Å². The molecule has 6 nitrogen and oxygen atoms in total. The number of rotatable bonds is 8. The van der Waals surface area contributed by atoms with E-state index in [9.17, 15) is 4.79 Å². The number of amides is 1. The number of nitrogens with one attached hydrogen (secondary N) is 1. The molecule has 2 unspecified atom stereocenters. The van der Waals surface area contributed by atoms with Gasteiger partial charge in [-0.15, -0.1) is 0 Å². The minimum atomic E-state index is -0.157. The van der Waals surface area contributed by atoms with E-state index in [0.29, 0.717) is 36.8 Å². The van der Waals surface area contributed by atoms with Gasteiger partial charge in [-0.1, -0.05) is 0 Å². The summed E-state index contributed by atoms with van der Waals surface area (Å²) in [4.78, 5) is 15.1. The lowest BCUT2D eigenvalue weighted by atomic mass is 10.00. The van der Waals surface area contributed by atoms with E-state index in [1.54, 1.807) is 18.2 Å². The van der Waals surface area contributed by atoms with Crippen LogP contribution in [0.15, 0.2) is 18.2 Å². The maximum absolute atomic E-state index is 12.7. The van der Waals surface area contributed by atoms with Crippen LogP contribution in [0, 0.1) is 0 Å². The molecule has 1 aliphatic rings. The Bertz CT molecular complexity index is 623. The first-order valence-corrected chi connectivity index (χ1v) is 9.85. The van der Waals surface area contributed by atoms with Gasteiger partial charge in [-0.05, 0) is 59.7 Å². The smallest absolute Gasteiger partial charge is 0.251 e. The summed E-state index contributed by atoms with van der Waals surface area (Å²) < 4.78 is 17.0. The van der Waals surface area contributed by atoms with Crippen molar-refractivity contribution in [2.45, 2.75) is 59.3 Å². The summed E-state index contributed by atoms with van der Waals surface area (Å²) >= 11 is 0. The zero-order valence-corrected chi connectivity index (χ0v) is 17.5. The number of benzene rings is 1. The molecule has 6 heteroatoms. The molecule has 1 aliphatic heterocycles. The predicted molar refractivity (Wildman–Crippen MR) is 107 cm³/mol. The molecule has 0 aromatic heterocycles. The van der Waals surface area contributed by atoms with E-state index in [4.69, 9.17) is 14.2 Å². The number of nitrogens with zero attached hydrogens (tertiary/aromatic N) is 1. The molecule has 0 aliphatic carbocycles. The van der Waals surface area contributed by atoms with Crippen LogP contribution in [0.25, 0.3) is 0 Å². The van der Waals surface area contributed by atoms with E-state index in [0.717, 1.165) is 13.1 Å². The molecule has 27 heavy (non-hydrogen) atoms. The molecule has 2 rings (SSSR count). The van der Waals surface area contributed by atoms with Gasteiger partial charge >= 0.3 is 0 Å². The van der Waals surface area contributed by atoms with Crippen molar-refractivity contribution in [3.05, 3.63) is 23.8 Å². The van der Waals surface area contributed by atoms with Gasteiger partial charge < -0.3 is 19.5 Å². The molecule has 1 saturated heterocycles. The molecule has 1 heterocycles. The van der Waals surface area contributed by atoms with Crippen LogP contribution < -0.4 is 14.8 Å². The third kappa shape index (κ3) is 5.84. The van der Waals surface area contributed by atoms with Gasteiger partial charge in [-0.25, -0.2) is 0 Å². The van der Waals surface area contributed by atoms with Gasteiger partial charge in [0.2, 0.25) is 0 Å². The Balaban J connectivity index is 2.02. The van der Waals surface area contributed by atoms with Gasteiger partial charge in [0.25, 0.3) is 5.91 Å². The summed E-state index contributed by atoms with van der Waals surface area (Å²) in [5.41, 5.74) is 0.414. The molecule has 1 N–H and O–H groups in total. The maximum atomic E-state index is 12.7. The fraction of sp³-hybridized carbons (Fsp3) is 0.667. The Hall–Kier alpha value is -1.79. The Morgan fingerprint density at radius 1 is 1.15 bits per heavy atom. The van der Waals surface area contributed by atoms with Gasteiger partial charge in [-0.3, -0.25) is 9.69 Å². The fourth-order valence-corrected chi connectivity index (χ4v) is 3.37. The Morgan fingerprint density at radius 3 is 2.33 bits per heavy atom. The topological polar surface area (TPSA) is 60.0 Å². The third-order valence-electron chi connectivity index (χ3n) is 4.76. The average Bonchev–Trinajstić information content (AvgIpc) is 2.61. The molecule has 0 saturated carbocycles. The van der Waals surface area contributed by atoms with Gasteiger partial charge in [0.05, 0.1) is 25.4 Å². The van der Waals surface area contributed by atoms with E-state index in [-0.39, 0.29) is 23.7 Å². The number of hydrogen-bond donors (Lipinski definition) is 1. The van der Waals surface area contributed by atoms with Crippen LogP contribution in [0.2, 0.25) is 0 Å². The number of ether oxygens (including phenoxy) is 3. The quantitative estimate of drug-likeness (QED) is 0.753. The predicted octanol–water partition coefficient (Wildman–Crippen LogP) is 3.10. The first kappa shape index (κ1) is 21.5. The second kappa shape index (κ2) is 9.42. The molecular weight excluding hydrogens is 344 g/mol. The largest absolute Gasteiger partial charge is 0.490 e. The Kier molecular flexibility index (Phi) is 7.50. The van der Waals surface area contributed by atoms with Crippen molar-refractivity contribution >= 4 is 5.91 Å². The number of carbonyl (C=O) groups excluding carboxylic acids is 1. The van der Waals surface area contributed by atoms with E-state index in [1.165, 1.54) is 0 Å². The van der Waals surface area contributed by atoms with Crippen LogP contribution in [0.1, 0.15) is 51.9 Å². The highest BCUT2D eigenvalue weighted by molar-refractivity contribution is 5.94. The zero-order chi connectivity index (χ0) is 20.0. The monoisotopic (exact) mass is 378 g/mol. The van der Waals surface area contributed by atoms with Gasteiger partial charge in [-0.2, -0.15) is 0 Å². The molecule has 0 bridgehead atoms. The highest BCUT2D eigenvalue weighted by Crippen LogP contribution is 2.28. The molecule has 2 atom stereocenters. The van der Waals surface area contributed by atoms with Gasteiger partial charge in [0, 0.05) is 30.7 Å². The van der Waals surface area contributed by atoms with Gasteiger partial charge in [0.1, 0.15) is 0 Å². The van der Waals surface area contributed by atoms with Crippen molar-refractivity contribution in [2.24, 2.45) is 0 Å². The summed E-state index contributed by atoms with van der Waals surface area (Å²) in [5.74, 6) is 1.15. The minimum Gasteiger partial charge on any atom is -0.490 e. The van der Waals surface area contributed by atoms with Crippen molar-refractivity contribution in [1.82, 2.24) is 10.2 Å². The zero-order valence-electron chi connectivity index (χ0n) is 17.5. The number of morpholine rings is 1. The molecule has 1 fully saturated rings. The molecule has 0 spiro atoms. The lowest BCUT2D eigenvalue weighted by molar-refractivity contribution is -0.0948. The normalized spacial score (nSPS) is 21.0. The Morgan fingerprint density at radius 2 is 1.74 bits per heavy atom. The summed E-state index contributed by atoms with van der Waals surface area (Å²) in [6, 6.07) is 5.31. The molecule has 152 valence electrons. The van der Waals surface area contributed by atoms with Crippen molar-refractivity contribution < 1.29 is 19.0 Å². The van der Waals surface area contributed by atoms with Crippen LogP contribution in [0.3, 0.4) is 0 Å². The lowest BCUT2D eigenvalue weighted by Crippen LogP contribution is -2.58. The molecule has 1 aromatic rings. The van der Waals surface area contributed by atoms with E-state index >= 15 is 0 Å². The summed E-state index contributed by atoms with van der Waals surface area (Å²) in [6.45, 7) is 15.7. The van der Waals surface area contributed by atoms with Crippen molar-refractivity contribution in [2.75, 3.05) is 32.8 Å². The van der Waals surface area contributed by atoms with E-state index < -0.39 is 0 Å². The van der Waals surface area contributed by atoms with E-state index in [2.05, 4.69) is 37.9 Å². The average molecular weight is 379 g/mol. The third-order valence-corrected chi connectivity index (χ3v) is 4.76. The van der Waals surface area contributed by atoms with Crippen molar-refractivity contribution in [3.8, 4) is 11.5 Å². The van der Waals surface area contributed by atoms with Gasteiger partial charge in [0.15, 0.2) is 11.5 Å². The first-order valence-electron chi connectivity index (χ1n) is 9.85. The highest BCUT2D eigenvalue weighted by atomic mass is 16.5. The number of carbonyl (C=O) groups is 1. The van der Waals surface area contributed by atoms with Crippen LogP contribution >= 0.6 is 0 Å². The SMILES string of the molecule is CCOc1ccc(C(=O)NCC(C)(C)N2CC(C)OC(C)C2)cc1OCC. The van der Waals surface area contributed by atoms with Crippen LogP contribution in [-0.4, -0.2) is 61.4 Å². The second-order valence-electron chi connectivity index (χ2n) is 7.68. The summed E-state index contributed by atoms with van der Waals surface area (Å²) in [5, 5.41) is 3.07. The van der Waals surface area contributed by atoms with Crippen LogP contribution in [0.5, 0.6) is 11.5 Å². The molecule has 1 amide bonds. The first-order chi connectivity index (χ1) is 12.8. The maximum Gasteiger partial charge on any atom is 0.251 e. The van der Waals surface area contributed by atoms with Crippen LogP contribution in [-0.2, 0) is 4.74 Å². The van der Waals surface area contributed by atoms with Crippen LogP contribution in [0.4, 0.5) is 0 Å². The lowest BCUT2D eigenvalue weighted by Gasteiger charge is -2.45. The minimum absolute atomic E-state index is 0.110. The molecule has 0 radical (unpaired) electrons. The van der Waals surface area contributed by atoms with Crippen molar-refractivity contribution in [3.63, 3.8) is 0 Å². The number of hydrogen-bond acceptors (Lipinski definition) is 5. The second-order valence-corrected chi connectivity index (χ2v) is 7.68. The molecule has 1 aromatic carbocycles. The standard InChI is InChI=1S/C21H34N2O4/c1-7-25-18-10-9-17(11-19(18)26-8-2)20(24)22-14-21(5,6)23-12-15(3)27-16(4)13-23/h9-11,15-16H,7-8,12-14H2,1-6H3,(H,22,24). The van der Waals surface area contributed by atoms with E-state index in [1.807, 2.05) is 13.8 Å².